The first-order valence-corrected chi connectivity index (χ1v) is 5.99. The highest BCUT2D eigenvalue weighted by Gasteiger charge is 2.17. The maximum atomic E-state index is 11.1. The lowest BCUT2D eigenvalue weighted by atomic mass is 10.3. The monoisotopic (exact) mass is 280 g/mol. The third-order valence-electron chi connectivity index (χ3n) is 1.84. The summed E-state index contributed by atoms with van der Waals surface area (Å²) in [5.41, 5.74) is 0. The van der Waals surface area contributed by atoms with Crippen LogP contribution in [0.15, 0.2) is 0 Å². The number of rotatable bonds is 7. The van der Waals surface area contributed by atoms with Crippen molar-refractivity contribution in [3.05, 3.63) is 0 Å². The minimum absolute atomic E-state index is 0.0772. The minimum atomic E-state index is -1.38. The Morgan fingerprint density at radius 3 is 2.05 bits per heavy atom. The zero-order valence-electron chi connectivity index (χ0n) is 11.9. The molecule has 0 saturated carbocycles. The number of ether oxygens (including phenoxy) is 3. The van der Waals surface area contributed by atoms with Crippen molar-refractivity contribution in [2.45, 2.75) is 45.5 Å². The van der Waals surface area contributed by atoms with Gasteiger partial charge < -0.3 is 24.4 Å². The second-order valence-electron chi connectivity index (χ2n) is 3.75. The van der Waals surface area contributed by atoms with Gasteiger partial charge in [-0.2, -0.15) is 0 Å². The molecular formula is C12H24O7. The number of carbonyl (C=O) groups excluding carboxylic acids is 2. The van der Waals surface area contributed by atoms with Gasteiger partial charge in [0.05, 0.1) is 6.10 Å². The molecule has 0 fully saturated rings. The van der Waals surface area contributed by atoms with Crippen molar-refractivity contribution in [3.8, 4) is 0 Å². The molecule has 0 bridgehead atoms. The number of methoxy groups -OCH3 is 1. The van der Waals surface area contributed by atoms with E-state index in [9.17, 15) is 9.59 Å². The molecular weight excluding hydrogens is 256 g/mol. The van der Waals surface area contributed by atoms with Crippen LogP contribution in [0, 0.1) is 0 Å². The fourth-order valence-corrected chi connectivity index (χ4v) is 0.830. The van der Waals surface area contributed by atoms with Crippen LogP contribution >= 0.6 is 0 Å². The molecule has 2 unspecified atom stereocenters. The van der Waals surface area contributed by atoms with Crippen LogP contribution in [0.3, 0.4) is 0 Å². The van der Waals surface area contributed by atoms with E-state index in [1.807, 2.05) is 6.92 Å². The molecule has 0 rings (SSSR count). The molecule has 0 aliphatic carbocycles. The number of aliphatic hydroxyl groups excluding tert-OH is 2. The first-order chi connectivity index (χ1) is 8.90. The zero-order valence-corrected chi connectivity index (χ0v) is 11.9. The summed E-state index contributed by atoms with van der Waals surface area (Å²) >= 11 is 0. The van der Waals surface area contributed by atoms with E-state index in [0.717, 1.165) is 0 Å². The van der Waals surface area contributed by atoms with Gasteiger partial charge in [0.2, 0.25) is 6.29 Å². The van der Waals surface area contributed by atoms with Crippen molar-refractivity contribution in [1.29, 1.82) is 0 Å². The van der Waals surface area contributed by atoms with Crippen molar-refractivity contribution in [2.24, 2.45) is 0 Å². The number of esters is 2. The average molecular weight is 280 g/mol. The molecule has 0 amide bonds. The molecule has 7 nitrogen and oxygen atoms in total. The summed E-state index contributed by atoms with van der Waals surface area (Å²) in [4.78, 5) is 22.2. The molecule has 0 saturated heterocycles. The van der Waals surface area contributed by atoms with Gasteiger partial charge in [-0.1, -0.05) is 6.92 Å². The molecule has 0 aliphatic heterocycles. The smallest absolute Gasteiger partial charge is 0.319 e. The fraction of sp³-hybridized carbons (Fsp3) is 0.833. The van der Waals surface area contributed by atoms with Gasteiger partial charge in [0.1, 0.15) is 6.42 Å². The first-order valence-electron chi connectivity index (χ1n) is 5.99. The van der Waals surface area contributed by atoms with Crippen molar-refractivity contribution in [1.82, 2.24) is 0 Å². The summed E-state index contributed by atoms with van der Waals surface area (Å²) in [5, 5.41) is 17.4. The molecule has 2 N–H and O–H groups in total. The van der Waals surface area contributed by atoms with Crippen molar-refractivity contribution in [3.63, 3.8) is 0 Å². The van der Waals surface area contributed by atoms with Gasteiger partial charge in [0.25, 0.3) is 0 Å². The van der Waals surface area contributed by atoms with Crippen molar-refractivity contribution < 1.29 is 34.0 Å². The predicted molar refractivity (Wildman–Crippen MR) is 67.2 cm³/mol. The van der Waals surface area contributed by atoms with Crippen LogP contribution in [-0.4, -0.2) is 55.4 Å². The van der Waals surface area contributed by atoms with Crippen molar-refractivity contribution >= 4 is 11.9 Å². The number of hydrogen-bond donors (Lipinski definition) is 2. The Balaban J connectivity index is 0. The van der Waals surface area contributed by atoms with E-state index in [0.29, 0.717) is 6.42 Å². The summed E-state index contributed by atoms with van der Waals surface area (Å²) in [7, 11) is 3.25. The van der Waals surface area contributed by atoms with Gasteiger partial charge in [-0.05, 0) is 13.3 Å². The maximum Gasteiger partial charge on any atom is 0.319 e. The Hall–Kier alpha value is -1.18. The average Bonchev–Trinajstić information content (AvgIpc) is 2.29. The lowest BCUT2D eigenvalue weighted by molar-refractivity contribution is -0.174. The molecule has 2 atom stereocenters. The van der Waals surface area contributed by atoms with Crippen LogP contribution < -0.4 is 0 Å². The predicted octanol–water partition coefficient (Wildman–Crippen LogP) is 0.225. The lowest BCUT2D eigenvalue weighted by Gasteiger charge is -2.12. The van der Waals surface area contributed by atoms with Crippen LogP contribution in [0.25, 0.3) is 0 Å². The summed E-state index contributed by atoms with van der Waals surface area (Å²) in [6.07, 6.45) is -1.58. The standard InChI is InChI=1S/C10H18O6.C2H6O/c1-3-7(2)15-9(13)6-10(14)16-8(12)4-5-11;1-3-2/h7-8,11-12H,3-6H2,1-2H3;1-2H3. The molecule has 114 valence electrons. The fourth-order valence-electron chi connectivity index (χ4n) is 0.830. The van der Waals surface area contributed by atoms with Crippen LogP contribution in [0.5, 0.6) is 0 Å². The number of aliphatic hydroxyl groups is 2. The van der Waals surface area contributed by atoms with Gasteiger partial charge in [-0.15, -0.1) is 0 Å². The minimum Gasteiger partial charge on any atom is -0.462 e. The summed E-state index contributed by atoms with van der Waals surface area (Å²) < 4.78 is 13.5. The molecule has 0 aliphatic rings. The Morgan fingerprint density at radius 1 is 1.16 bits per heavy atom. The maximum absolute atomic E-state index is 11.1. The van der Waals surface area contributed by atoms with Gasteiger partial charge >= 0.3 is 11.9 Å². The van der Waals surface area contributed by atoms with E-state index in [1.54, 1.807) is 21.1 Å². The molecule has 7 heteroatoms. The molecule has 0 heterocycles. The normalized spacial score (nSPS) is 12.7. The van der Waals surface area contributed by atoms with Gasteiger partial charge in [-0.25, -0.2) is 0 Å². The highest BCUT2D eigenvalue weighted by molar-refractivity contribution is 5.91. The molecule has 0 radical (unpaired) electrons. The quantitative estimate of drug-likeness (QED) is 0.391. The number of carbonyl (C=O) groups is 2. The van der Waals surface area contributed by atoms with E-state index in [-0.39, 0.29) is 19.1 Å². The topological polar surface area (TPSA) is 102 Å². The second-order valence-corrected chi connectivity index (χ2v) is 3.75. The highest BCUT2D eigenvalue weighted by Crippen LogP contribution is 2.01. The Bertz CT molecular complexity index is 242. The molecule has 0 aromatic carbocycles. The van der Waals surface area contributed by atoms with E-state index >= 15 is 0 Å². The van der Waals surface area contributed by atoms with Crippen LogP contribution in [-0.2, 0) is 23.8 Å². The Labute approximate surface area is 113 Å². The Kier molecular flexibility index (Phi) is 14.1. The third kappa shape index (κ3) is 14.8. The molecule has 0 aromatic heterocycles. The van der Waals surface area contributed by atoms with Gasteiger partial charge in [0, 0.05) is 27.2 Å². The second kappa shape index (κ2) is 13.3. The van der Waals surface area contributed by atoms with Crippen LogP contribution in [0.2, 0.25) is 0 Å². The summed E-state index contributed by atoms with van der Waals surface area (Å²) in [6, 6.07) is 0. The van der Waals surface area contributed by atoms with Gasteiger partial charge in [-0.3, -0.25) is 9.59 Å². The molecule has 19 heavy (non-hydrogen) atoms. The SMILES string of the molecule is CCC(C)OC(=O)CC(=O)OC(O)CCO.COC. The first kappa shape index (κ1) is 20.1. The molecule has 0 spiro atoms. The van der Waals surface area contributed by atoms with Crippen LogP contribution in [0.1, 0.15) is 33.1 Å². The number of hydrogen-bond acceptors (Lipinski definition) is 7. The molecule has 0 aromatic rings. The summed E-state index contributed by atoms with van der Waals surface area (Å²) in [6.45, 7) is 3.26. The summed E-state index contributed by atoms with van der Waals surface area (Å²) in [5.74, 6) is -1.55. The van der Waals surface area contributed by atoms with Crippen LogP contribution in [0.4, 0.5) is 0 Å². The largest absolute Gasteiger partial charge is 0.462 e. The van der Waals surface area contributed by atoms with Gasteiger partial charge in [0.15, 0.2) is 0 Å². The van der Waals surface area contributed by atoms with E-state index in [1.165, 1.54) is 0 Å². The van der Waals surface area contributed by atoms with E-state index in [2.05, 4.69) is 9.47 Å². The Morgan fingerprint density at radius 2 is 1.63 bits per heavy atom. The van der Waals surface area contributed by atoms with E-state index < -0.39 is 24.6 Å². The third-order valence-corrected chi connectivity index (χ3v) is 1.84. The lowest BCUT2D eigenvalue weighted by Crippen LogP contribution is -2.23. The highest BCUT2D eigenvalue weighted by atomic mass is 16.6. The van der Waals surface area contributed by atoms with Crippen molar-refractivity contribution in [2.75, 3.05) is 20.8 Å². The zero-order chi connectivity index (χ0) is 15.3. The van der Waals surface area contributed by atoms with E-state index in [4.69, 9.17) is 14.9 Å².